The van der Waals surface area contributed by atoms with Crippen molar-refractivity contribution in [1.82, 2.24) is 26.6 Å². The molecule has 0 aromatic carbocycles. The normalized spacial score (nSPS) is 14.3. The van der Waals surface area contributed by atoms with E-state index in [1.807, 2.05) is 27.7 Å². The van der Waals surface area contributed by atoms with Crippen LogP contribution in [0.2, 0.25) is 0 Å². The summed E-state index contributed by atoms with van der Waals surface area (Å²) in [6.45, 7) is 5.71. The van der Waals surface area contributed by atoms with Gasteiger partial charge in [0, 0.05) is 33.6 Å². The quantitative estimate of drug-likeness (QED) is 0.0320. The molecule has 0 unspecified atom stereocenters. The third kappa shape index (κ3) is 21.5. The summed E-state index contributed by atoms with van der Waals surface area (Å²) in [4.78, 5) is 70.2. The Balaban J connectivity index is 4.88. The molecule has 20 nitrogen and oxygen atoms in total. The number of alkyl carbamates (subject to hydrolysis) is 2. The van der Waals surface area contributed by atoms with Crippen molar-refractivity contribution in [3.05, 3.63) is 0 Å². The van der Waals surface area contributed by atoms with Gasteiger partial charge in [-0.2, -0.15) is 0 Å². The van der Waals surface area contributed by atoms with Crippen LogP contribution in [0.1, 0.15) is 47.0 Å². The summed E-state index contributed by atoms with van der Waals surface area (Å²) in [6, 6.07) is -1.26. The van der Waals surface area contributed by atoms with E-state index in [0.29, 0.717) is 19.4 Å². The Bertz CT molecular complexity index is 1230. The zero-order chi connectivity index (χ0) is 38.6. The number of amides is 5. The second-order valence-electron chi connectivity index (χ2n) is 12.6. The first-order chi connectivity index (χ1) is 23.1. The lowest BCUT2D eigenvalue weighted by atomic mass is 10.0. The van der Waals surface area contributed by atoms with Crippen LogP contribution in [0, 0.1) is 0 Å². The van der Waals surface area contributed by atoms with Gasteiger partial charge in [-0.05, 0) is 40.5 Å². The van der Waals surface area contributed by atoms with E-state index in [9.17, 15) is 42.3 Å². The Morgan fingerprint density at radius 3 is 2.08 bits per heavy atom. The number of nitrogens with two attached hydrogens (primary N) is 2. The van der Waals surface area contributed by atoms with Gasteiger partial charge in [0.25, 0.3) is 0 Å². The molecular formula is C29H55N7O13S. The van der Waals surface area contributed by atoms with E-state index < -0.39 is 94.0 Å². The summed E-state index contributed by atoms with van der Waals surface area (Å²) < 4.78 is 47.3. The average Bonchev–Trinajstić information content (AvgIpc) is 3.03. The Labute approximate surface area is 292 Å². The molecule has 0 heterocycles. The van der Waals surface area contributed by atoms with Crippen molar-refractivity contribution < 1.29 is 61.2 Å². The molecule has 0 aliphatic carbocycles. The molecular weight excluding hydrogens is 686 g/mol. The maximum Gasteiger partial charge on any atom is 0.407 e. The van der Waals surface area contributed by atoms with E-state index in [0.717, 1.165) is 0 Å². The van der Waals surface area contributed by atoms with Crippen LogP contribution in [0.25, 0.3) is 0 Å². The number of hydrogen-bond donors (Lipinski definition) is 8. The minimum atomic E-state index is -4.22. The van der Waals surface area contributed by atoms with Gasteiger partial charge >= 0.3 is 12.2 Å². The molecule has 0 rings (SSSR count). The zero-order valence-electron chi connectivity index (χ0n) is 29.6. The van der Waals surface area contributed by atoms with E-state index in [1.54, 1.807) is 0 Å². The lowest BCUT2D eigenvalue weighted by Crippen LogP contribution is -2.59. The van der Waals surface area contributed by atoms with E-state index in [2.05, 4.69) is 26.6 Å². The SMILES string of the molecule is CNC(=O)OC[C@H](CS(=O)(=O)C[C@](N)(C=O)CN[C@@H](CO)C(=O)NCCOC(C)(C)CCOC(C)(C)CCC(=O)NCC(N)=O)OC(=O)NC. The number of aliphatic hydroxyl groups is 1. The van der Waals surface area contributed by atoms with E-state index in [4.69, 9.17) is 30.4 Å². The summed E-state index contributed by atoms with van der Waals surface area (Å²) in [6.07, 6.45) is -2.09. The number of aldehydes is 1. The molecule has 0 fully saturated rings. The van der Waals surface area contributed by atoms with Crippen LogP contribution < -0.4 is 38.1 Å². The molecule has 0 aromatic rings. The molecule has 0 bridgehead atoms. The minimum Gasteiger partial charge on any atom is -0.446 e. The van der Waals surface area contributed by atoms with Gasteiger partial charge < -0.3 is 66.9 Å². The van der Waals surface area contributed by atoms with Gasteiger partial charge in [0.1, 0.15) is 18.9 Å². The molecule has 21 heteroatoms. The molecule has 0 aromatic heterocycles. The van der Waals surface area contributed by atoms with Crippen LogP contribution in [-0.2, 0) is 48.0 Å². The van der Waals surface area contributed by atoms with Crippen LogP contribution >= 0.6 is 0 Å². The minimum absolute atomic E-state index is 0.0495. The first kappa shape index (κ1) is 46.4. The number of rotatable bonds is 26. The van der Waals surface area contributed by atoms with Crippen molar-refractivity contribution in [2.75, 3.05) is 71.7 Å². The van der Waals surface area contributed by atoms with E-state index in [1.165, 1.54) is 14.1 Å². The number of hydrogen-bond acceptors (Lipinski definition) is 15. The van der Waals surface area contributed by atoms with Gasteiger partial charge in [-0.15, -0.1) is 0 Å². The highest BCUT2D eigenvalue weighted by atomic mass is 32.2. The molecule has 0 radical (unpaired) electrons. The number of carbonyl (C=O) groups excluding carboxylic acids is 6. The number of carbonyl (C=O) groups is 6. The van der Waals surface area contributed by atoms with Gasteiger partial charge in [-0.1, -0.05) is 0 Å². The molecule has 0 saturated carbocycles. The van der Waals surface area contributed by atoms with Crippen molar-refractivity contribution in [3.63, 3.8) is 0 Å². The molecule has 290 valence electrons. The van der Waals surface area contributed by atoms with Gasteiger partial charge in [0.05, 0.1) is 54.6 Å². The van der Waals surface area contributed by atoms with Crippen molar-refractivity contribution in [2.24, 2.45) is 11.5 Å². The third-order valence-corrected chi connectivity index (χ3v) is 8.78. The van der Waals surface area contributed by atoms with Gasteiger partial charge in [0.15, 0.2) is 15.9 Å². The fourth-order valence-corrected chi connectivity index (χ4v) is 5.87. The number of nitrogens with one attached hydrogen (secondary N) is 5. The predicted molar refractivity (Wildman–Crippen MR) is 179 cm³/mol. The molecule has 10 N–H and O–H groups in total. The molecule has 0 saturated heterocycles. The Hall–Kier alpha value is -3.63. The average molecular weight is 742 g/mol. The molecule has 50 heavy (non-hydrogen) atoms. The molecule has 3 atom stereocenters. The number of primary amides is 1. The van der Waals surface area contributed by atoms with Crippen molar-refractivity contribution in [3.8, 4) is 0 Å². The molecule has 0 spiro atoms. The largest absolute Gasteiger partial charge is 0.446 e. The number of ether oxygens (including phenoxy) is 4. The van der Waals surface area contributed by atoms with Crippen molar-refractivity contribution >= 4 is 46.0 Å². The number of sulfone groups is 1. The van der Waals surface area contributed by atoms with Crippen LogP contribution in [0.5, 0.6) is 0 Å². The number of aliphatic hydroxyl groups excluding tert-OH is 1. The fraction of sp³-hybridized carbons (Fsp3) is 0.793. The summed E-state index contributed by atoms with van der Waals surface area (Å²) >= 11 is 0. The molecule has 0 aliphatic heterocycles. The lowest BCUT2D eigenvalue weighted by Gasteiger charge is -2.30. The summed E-state index contributed by atoms with van der Waals surface area (Å²) in [5.74, 6) is -3.38. The van der Waals surface area contributed by atoms with E-state index in [-0.39, 0.29) is 38.3 Å². The van der Waals surface area contributed by atoms with Crippen LogP contribution in [0.15, 0.2) is 0 Å². The van der Waals surface area contributed by atoms with Crippen molar-refractivity contribution in [2.45, 2.75) is 75.8 Å². The second kappa shape index (κ2) is 22.2. The summed E-state index contributed by atoms with van der Waals surface area (Å²) in [5, 5.41) is 21.7. The fourth-order valence-electron chi connectivity index (χ4n) is 4.03. The smallest absolute Gasteiger partial charge is 0.407 e. The standard InChI is InChI=1S/C29H55N7O13S/c1-27(2,8-7-23(40)35-13-22(30)39)47-11-9-28(3,4)48-12-10-34-24(41)21(14-37)36-17-29(31,18-38)19-50(44,45)16-20(49-26(43)33-6)15-46-25(42)32-5/h18,20-21,36-37H,7-17,19,31H2,1-6H3,(H2,30,39)(H,32,42)(H,33,43)(H,34,41)(H,35,40)/t20-,21+,29-/m1/s1. The molecule has 0 aliphatic rings. The van der Waals surface area contributed by atoms with Gasteiger partial charge in [0.2, 0.25) is 17.7 Å². The predicted octanol–water partition coefficient (Wildman–Crippen LogP) is -3.19. The highest BCUT2D eigenvalue weighted by Crippen LogP contribution is 2.20. The van der Waals surface area contributed by atoms with Gasteiger partial charge in [-0.3, -0.25) is 14.4 Å². The lowest BCUT2D eigenvalue weighted by molar-refractivity contribution is -0.126. The summed E-state index contributed by atoms with van der Waals surface area (Å²) in [5.41, 5.74) is 7.71. The maximum atomic E-state index is 12.9. The summed E-state index contributed by atoms with van der Waals surface area (Å²) in [7, 11) is -1.71. The first-order valence-electron chi connectivity index (χ1n) is 15.8. The third-order valence-electron chi connectivity index (χ3n) is 6.93. The zero-order valence-corrected chi connectivity index (χ0v) is 30.4. The Kier molecular flexibility index (Phi) is 20.6. The molecule has 5 amide bonds. The van der Waals surface area contributed by atoms with Crippen LogP contribution in [0.4, 0.5) is 9.59 Å². The van der Waals surface area contributed by atoms with Gasteiger partial charge in [-0.25, -0.2) is 18.0 Å². The van der Waals surface area contributed by atoms with Crippen molar-refractivity contribution in [1.29, 1.82) is 0 Å². The van der Waals surface area contributed by atoms with Crippen LogP contribution in [0.3, 0.4) is 0 Å². The maximum absolute atomic E-state index is 12.9. The Morgan fingerprint density at radius 1 is 0.920 bits per heavy atom. The van der Waals surface area contributed by atoms with E-state index >= 15 is 0 Å². The first-order valence-corrected chi connectivity index (χ1v) is 17.6. The second-order valence-corrected chi connectivity index (χ2v) is 14.8. The Morgan fingerprint density at radius 2 is 1.52 bits per heavy atom. The monoisotopic (exact) mass is 741 g/mol. The highest BCUT2D eigenvalue weighted by molar-refractivity contribution is 7.91. The topological polar surface area (TPSA) is 306 Å². The highest BCUT2D eigenvalue weighted by Gasteiger charge is 2.35. The van der Waals surface area contributed by atoms with Crippen LogP contribution in [-0.4, -0.2) is 150 Å².